The Balaban J connectivity index is 3.15. The summed E-state index contributed by atoms with van der Waals surface area (Å²) in [5.74, 6) is 0.422. The van der Waals surface area contributed by atoms with E-state index in [0.717, 1.165) is 24.0 Å². The molecule has 1 aromatic rings. The van der Waals surface area contributed by atoms with E-state index in [4.69, 9.17) is 0 Å². The summed E-state index contributed by atoms with van der Waals surface area (Å²) in [5, 5.41) is 18.6. The fourth-order valence-electron chi connectivity index (χ4n) is 4.91. The predicted molar refractivity (Wildman–Crippen MR) is 137 cm³/mol. The Kier molecular flexibility index (Phi) is 8.51. The van der Waals surface area contributed by atoms with Gasteiger partial charge in [-0.3, -0.25) is 0 Å². The second-order valence-electron chi connectivity index (χ2n) is 14.3. The SMILES string of the molecule is CC(C)(C)CC(C)(C)NCc1cc(C(C)(C)C)cc(CNC(C)(C)CC(C)(C)C)c1O. The van der Waals surface area contributed by atoms with Gasteiger partial charge in [-0.05, 0) is 62.3 Å². The van der Waals surface area contributed by atoms with Crippen LogP contribution in [0, 0.1) is 10.8 Å². The van der Waals surface area contributed by atoms with E-state index in [1.165, 1.54) is 5.56 Å². The molecule has 0 aromatic heterocycles. The molecule has 0 aliphatic heterocycles. The van der Waals surface area contributed by atoms with Gasteiger partial charge in [0.05, 0.1) is 0 Å². The molecule has 0 radical (unpaired) electrons. The lowest BCUT2D eigenvalue weighted by Gasteiger charge is -2.34. The van der Waals surface area contributed by atoms with Crippen molar-refractivity contribution in [1.82, 2.24) is 10.6 Å². The minimum Gasteiger partial charge on any atom is -0.507 e. The number of phenolic OH excluding ortho intramolecular Hbond substituents is 1. The van der Waals surface area contributed by atoms with E-state index in [2.05, 4.69) is 113 Å². The molecule has 3 N–H and O–H groups in total. The van der Waals surface area contributed by atoms with Crippen molar-refractivity contribution in [2.75, 3.05) is 0 Å². The molecule has 0 aliphatic carbocycles. The molecule has 0 unspecified atom stereocenters. The first-order valence-corrected chi connectivity index (χ1v) is 12.0. The average molecular weight is 433 g/mol. The third-order valence-electron chi connectivity index (χ3n) is 5.59. The van der Waals surface area contributed by atoms with Gasteiger partial charge in [0.25, 0.3) is 0 Å². The monoisotopic (exact) mass is 432 g/mol. The van der Waals surface area contributed by atoms with Crippen LogP contribution in [0.1, 0.15) is 120 Å². The summed E-state index contributed by atoms with van der Waals surface area (Å²) in [5.41, 5.74) is 3.75. The van der Waals surface area contributed by atoms with Gasteiger partial charge in [0.15, 0.2) is 0 Å². The zero-order valence-electron chi connectivity index (χ0n) is 22.9. The summed E-state index contributed by atoms with van der Waals surface area (Å²) < 4.78 is 0. The summed E-state index contributed by atoms with van der Waals surface area (Å²) in [7, 11) is 0. The van der Waals surface area contributed by atoms with Crippen molar-refractivity contribution in [1.29, 1.82) is 0 Å². The Morgan fingerprint density at radius 2 is 0.935 bits per heavy atom. The number of nitrogens with one attached hydrogen (secondary N) is 2. The lowest BCUT2D eigenvalue weighted by molar-refractivity contribution is 0.239. The second-order valence-corrected chi connectivity index (χ2v) is 14.3. The molecular weight excluding hydrogens is 380 g/mol. The van der Waals surface area contributed by atoms with Crippen LogP contribution < -0.4 is 10.6 Å². The largest absolute Gasteiger partial charge is 0.507 e. The van der Waals surface area contributed by atoms with Gasteiger partial charge < -0.3 is 15.7 Å². The van der Waals surface area contributed by atoms with E-state index < -0.39 is 0 Å². The highest BCUT2D eigenvalue weighted by molar-refractivity contribution is 5.46. The van der Waals surface area contributed by atoms with Crippen molar-refractivity contribution in [3.05, 3.63) is 28.8 Å². The zero-order valence-corrected chi connectivity index (χ0v) is 22.9. The van der Waals surface area contributed by atoms with E-state index in [0.29, 0.717) is 18.8 Å². The Morgan fingerprint density at radius 3 is 1.19 bits per heavy atom. The van der Waals surface area contributed by atoms with Crippen LogP contribution in [0.15, 0.2) is 12.1 Å². The van der Waals surface area contributed by atoms with Crippen LogP contribution >= 0.6 is 0 Å². The molecular formula is C28H52N2O. The molecule has 0 saturated heterocycles. The number of aromatic hydroxyl groups is 1. The molecule has 3 nitrogen and oxygen atoms in total. The maximum absolute atomic E-state index is 11.2. The number of hydrogen-bond donors (Lipinski definition) is 3. The van der Waals surface area contributed by atoms with E-state index in [9.17, 15) is 5.11 Å². The molecule has 0 saturated carbocycles. The van der Waals surface area contributed by atoms with Gasteiger partial charge in [0.2, 0.25) is 0 Å². The topological polar surface area (TPSA) is 44.3 Å². The molecule has 1 aromatic carbocycles. The van der Waals surface area contributed by atoms with Crippen LogP contribution in [0.5, 0.6) is 5.75 Å². The summed E-state index contributed by atoms with van der Waals surface area (Å²) >= 11 is 0. The third-order valence-corrected chi connectivity index (χ3v) is 5.59. The fourth-order valence-corrected chi connectivity index (χ4v) is 4.91. The zero-order chi connectivity index (χ0) is 24.5. The lowest BCUT2D eigenvalue weighted by atomic mass is 9.81. The number of benzene rings is 1. The van der Waals surface area contributed by atoms with Crippen LogP contribution in [-0.4, -0.2) is 16.2 Å². The quantitative estimate of drug-likeness (QED) is 0.404. The molecule has 0 spiro atoms. The molecule has 0 fully saturated rings. The Hall–Kier alpha value is -1.06. The van der Waals surface area contributed by atoms with Gasteiger partial charge in [-0.15, -0.1) is 0 Å². The number of hydrogen-bond acceptors (Lipinski definition) is 3. The molecule has 1 rings (SSSR count). The molecule has 3 heteroatoms. The van der Waals surface area contributed by atoms with E-state index in [1.807, 2.05) is 0 Å². The van der Waals surface area contributed by atoms with Crippen LogP contribution in [-0.2, 0) is 18.5 Å². The summed E-state index contributed by atoms with van der Waals surface area (Å²) in [6.45, 7) is 30.7. The van der Waals surface area contributed by atoms with Gasteiger partial charge in [-0.1, -0.05) is 74.4 Å². The highest BCUT2D eigenvalue weighted by Crippen LogP contribution is 2.34. The van der Waals surface area contributed by atoms with Gasteiger partial charge in [-0.2, -0.15) is 0 Å². The molecule has 0 heterocycles. The van der Waals surface area contributed by atoms with E-state index in [-0.39, 0.29) is 27.3 Å². The van der Waals surface area contributed by atoms with Crippen molar-refractivity contribution in [3.8, 4) is 5.75 Å². The Labute approximate surface area is 193 Å². The number of rotatable bonds is 8. The first-order valence-electron chi connectivity index (χ1n) is 12.0. The summed E-state index contributed by atoms with van der Waals surface area (Å²) in [6, 6.07) is 4.36. The highest BCUT2D eigenvalue weighted by atomic mass is 16.3. The minimum absolute atomic E-state index is 0.00442. The smallest absolute Gasteiger partial charge is 0.124 e. The van der Waals surface area contributed by atoms with Gasteiger partial charge >= 0.3 is 0 Å². The van der Waals surface area contributed by atoms with Crippen molar-refractivity contribution in [2.24, 2.45) is 10.8 Å². The van der Waals surface area contributed by atoms with Crippen molar-refractivity contribution in [3.63, 3.8) is 0 Å². The Bertz CT molecular complexity index is 672. The normalized spacial score (nSPS) is 14.2. The van der Waals surface area contributed by atoms with Crippen molar-refractivity contribution < 1.29 is 5.11 Å². The van der Waals surface area contributed by atoms with Gasteiger partial charge in [0.1, 0.15) is 5.75 Å². The fraction of sp³-hybridized carbons (Fsp3) is 0.786. The second kappa shape index (κ2) is 9.43. The van der Waals surface area contributed by atoms with Crippen LogP contribution in [0.25, 0.3) is 0 Å². The van der Waals surface area contributed by atoms with E-state index in [1.54, 1.807) is 0 Å². The molecule has 0 bridgehead atoms. The van der Waals surface area contributed by atoms with Gasteiger partial charge in [0, 0.05) is 35.3 Å². The first-order chi connectivity index (χ1) is 13.6. The minimum atomic E-state index is -0.00442. The number of phenols is 1. The molecule has 180 valence electrons. The molecule has 0 atom stereocenters. The molecule has 0 amide bonds. The first kappa shape index (κ1) is 28.0. The summed E-state index contributed by atoms with van der Waals surface area (Å²) in [4.78, 5) is 0. The van der Waals surface area contributed by atoms with Crippen LogP contribution in [0.2, 0.25) is 0 Å². The van der Waals surface area contributed by atoms with E-state index >= 15 is 0 Å². The maximum Gasteiger partial charge on any atom is 0.124 e. The highest BCUT2D eigenvalue weighted by Gasteiger charge is 2.28. The summed E-state index contributed by atoms with van der Waals surface area (Å²) in [6.07, 6.45) is 2.13. The van der Waals surface area contributed by atoms with Crippen molar-refractivity contribution >= 4 is 0 Å². The average Bonchev–Trinajstić information content (AvgIpc) is 2.46. The lowest BCUT2D eigenvalue weighted by Crippen LogP contribution is -2.42. The molecule has 0 aliphatic rings. The standard InChI is InChI=1S/C28H52N2O/c1-24(2,3)18-27(10,11)29-16-20-14-22(26(7,8)9)15-21(23(20)31)17-30-28(12,13)19-25(4,5)6/h14-15,29-31H,16-19H2,1-13H3. The van der Waals surface area contributed by atoms with Crippen LogP contribution in [0.4, 0.5) is 0 Å². The van der Waals surface area contributed by atoms with Crippen molar-refractivity contribution in [2.45, 2.75) is 132 Å². The molecule has 31 heavy (non-hydrogen) atoms. The predicted octanol–water partition coefficient (Wildman–Crippen LogP) is 7.30. The third kappa shape index (κ3) is 10.4. The Morgan fingerprint density at radius 1 is 0.613 bits per heavy atom. The van der Waals surface area contributed by atoms with Crippen LogP contribution in [0.3, 0.4) is 0 Å². The maximum atomic E-state index is 11.2. The van der Waals surface area contributed by atoms with Gasteiger partial charge in [-0.25, -0.2) is 0 Å².